The smallest absolute Gasteiger partial charge is 0.308 e. The zero-order valence-electron chi connectivity index (χ0n) is 14.9. The average Bonchev–Trinajstić information content (AvgIpc) is 2.66. The van der Waals surface area contributed by atoms with Crippen molar-refractivity contribution in [3.05, 3.63) is 46.2 Å². The van der Waals surface area contributed by atoms with E-state index in [2.05, 4.69) is 10.3 Å². The van der Waals surface area contributed by atoms with Crippen LogP contribution in [-0.4, -0.2) is 51.9 Å². The third kappa shape index (κ3) is 3.84. The first-order chi connectivity index (χ1) is 12.9. The largest absolute Gasteiger partial charge is 0.481 e. The zero-order chi connectivity index (χ0) is 19.6. The van der Waals surface area contributed by atoms with Crippen LogP contribution in [0.1, 0.15) is 30.1 Å². The second kappa shape index (κ2) is 7.61. The van der Waals surface area contributed by atoms with Gasteiger partial charge in [0, 0.05) is 29.7 Å². The van der Waals surface area contributed by atoms with Crippen molar-refractivity contribution < 1.29 is 19.5 Å². The van der Waals surface area contributed by atoms with Crippen LogP contribution in [0.3, 0.4) is 0 Å². The highest BCUT2D eigenvalue weighted by Crippen LogP contribution is 2.22. The third-order valence-electron chi connectivity index (χ3n) is 4.98. The highest BCUT2D eigenvalue weighted by atomic mass is 16.4. The fraction of sp³-hybridized carbons (Fsp3) is 0.368. The number of amides is 2. The van der Waals surface area contributed by atoms with Crippen molar-refractivity contribution in [2.24, 2.45) is 5.92 Å². The van der Waals surface area contributed by atoms with Crippen LogP contribution in [0, 0.1) is 5.92 Å². The van der Waals surface area contributed by atoms with E-state index in [0.29, 0.717) is 23.7 Å². The van der Waals surface area contributed by atoms with Crippen LogP contribution in [0.4, 0.5) is 0 Å². The summed E-state index contributed by atoms with van der Waals surface area (Å²) in [6.07, 6.45) is 2.45. The molecular weight excluding hydrogens is 350 g/mol. The molecule has 1 aromatic heterocycles. The number of nitrogens with zero attached hydrogens (tertiary/aromatic N) is 1. The molecule has 0 spiro atoms. The predicted octanol–water partition coefficient (Wildman–Crippen LogP) is 0.970. The van der Waals surface area contributed by atoms with Gasteiger partial charge in [0.05, 0.1) is 12.5 Å². The molecule has 1 aromatic carbocycles. The molecule has 0 radical (unpaired) electrons. The summed E-state index contributed by atoms with van der Waals surface area (Å²) in [5.74, 6) is -2.52. The number of aromatic amines is 1. The number of carbonyl (C=O) groups is 3. The van der Waals surface area contributed by atoms with Gasteiger partial charge in [-0.3, -0.25) is 19.2 Å². The van der Waals surface area contributed by atoms with E-state index < -0.39 is 23.2 Å². The van der Waals surface area contributed by atoms with E-state index >= 15 is 0 Å². The Bertz CT molecular complexity index is 952. The first-order valence-corrected chi connectivity index (χ1v) is 8.79. The van der Waals surface area contributed by atoms with Crippen molar-refractivity contribution >= 4 is 28.7 Å². The predicted molar refractivity (Wildman–Crippen MR) is 98.4 cm³/mol. The Kier molecular flexibility index (Phi) is 5.25. The number of H-pyrrole nitrogens is 1. The molecule has 2 aromatic rings. The van der Waals surface area contributed by atoms with Crippen molar-refractivity contribution in [2.45, 2.75) is 25.8 Å². The summed E-state index contributed by atoms with van der Waals surface area (Å²) < 4.78 is 0. The lowest BCUT2D eigenvalue weighted by Crippen LogP contribution is -2.50. The number of pyridine rings is 1. The summed E-state index contributed by atoms with van der Waals surface area (Å²) in [5.41, 5.74) is 0.139. The van der Waals surface area contributed by atoms with Gasteiger partial charge in [-0.15, -0.1) is 0 Å². The number of aromatic nitrogens is 1. The lowest BCUT2D eigenvalue weighted by atomic mass is 9.93. The molecule has 2 amide bonds. The number of hydrogen-bond acceptors (Lipinski definition) is 4. The highest BCUT2D eigenvalue weighted by molar-refractivity contribution is 5.98. The van der Waals surface area contributed by atoms with Gasteiger partial charge >= 0.3 is 5.97 Å². The van der Waals surface area contributed by atoms with Gasteiger partial charge in [-0.2, -0.15) is 0 Å². The maximum Gasteiger partial charge on any atom is 0.308 e. The molecule has 3 N–H and O–H groups in total. The molecule has 8 nitrogen and oxygen atoms in total. The third-order valence-corrected chi connectivity index (χ3v) is 4.98. The maximum absolute atomic E-state index is 12.4. The molecule has 2 unspecified atom stereocenters. The molecule has 3 rings (SSSR count). The van der Waals surface area contributed by atoms with E-state index in [4.69, 9.17) is 5.11 Å². The molecule has 0 aliphatic carbocycles. The van der Waals surface area contributed by atoms with Crippen LogP contribution in [0.2, 0.25) is 0 Å². The lowest BCUT2D eigenvalue weighted by molar-refractivity contribution is -0.146. The summed E-state index contributed by atoms with van der Waals surface area (Å²) >= 11 is 0. The first kappa shape index (κ1) is 18.6. The SMILES string of the molecule is CC1CCC(C(=O)O)CN1C(=O)CNC(=O)c1c[nH]c2ccccc2c1=O. The number of para-hydroxylation sites is 1. The van der Waals surface area contributed by atoms with Gasteiger partial charge in [0.25, 0.3) is 5.91 Å². The number of fused-ring (bicyclic) bond motifs is 1. The lowest BCUT2D eigenvalue weighted by Gasteiger charge is -2.36. The van der Waals surface area contributed by atoms with Gasteiger partial charge in [-0.25, -0.2) is 0 Å². The van der Waals surface area contributed by atoms with Gasteiger partial charge in [0.15, 0.2) is 0 Å². The number of hydrogen-bond donors (Lipinski definition) is 3. The fourth-order valence-corrected chi connectivity index (χ4v) is 3.34. The van der Waals surface area contributed by atoms with Crippen molar-refractivity contribution in [1.82, 2.24) is 15.2 Å². The molecule has 27 heavy (non-hydrogen) atoms. The average molecular weight is 371 g/mol. The van der Waals surface area contributed by atoms with Crippen molar-refractivity contribution in [2.75, 3.05) is 13.1 Å². The molecule has 142 valence electrons. The van der Waals surface area contributed by atoms with Gasteiger partial charge < -0.3 is 20.3 Å². The molecular formula is C19H21N3O5. The Balaban J connectivity index is 1.68. The van der Waals surface area contributed by atoms with Gasteiger partial charge in [-0.05, 0) is 31.9 Å². The normalized spacial score (nSPS) is 19.7. The summed E-state index contributed by atoms with van der Waals surface area (Å²) in [6, 6.07) is 6.75. The molecule has 1 aliphatic rings. The van der Waals surface area contributed by atoms with E-state index in [-0.39, 0.29) is 30.6 Å². The number of piperidine rings is 1. The number of nitrogens with one attached hydrogen (secondary N) is 2. The van der Waals surface area contributed by atoms with Crippen LogP contribution in [0.15, 0.2) is 35.3 Å². The minimum Gasteiger partial charge on any atom is -0.481 e. The Morgan fingerprint density at radius 1 is 1.26 bits per heavy atom. The number of carbonyl (C=O) groups excluding carboxylic acids is 2. The van der Waals surface area contributed by atoms with Gasteiger partial charge in [-0.1, -0.05) is 12.1 Å². The summed E-state index contributed by atoms with van der Waals surface area (Å²) in [6.45, 7) is 1.69. The zero-order valence-corrected chi connectivity index (χ0v) is 14.9. The van der Waals surface area contributed by atoms with Crippen LogP contribution in [0.25, 0.3) is 10.9 Å². The fourth-order valence-electron chi connectivity index (χ4n) is 3.34. The van der Waals surface area contributed by atoms with E-state index in [0.717, 1.165) is 0 Å². The Labute approximate surface area is 155 Å². The summed E-state index contributed by atoms with van der Waals surface area (Å²) in [7, 11) is 0. The van der Waals surface area contributed by atoms with E-state index in [1.165, 1.54) is 11.1 Å². The summed E-state index contributed by atoms with van der Waals surface area (Å²) in [4.78, 5) is 52.8. The molecule has 8 heteroatoms. The summed E-state index contributed by atoms with van der Waals surface area (Å²) in [5, 5.41) is 12.0. The Morgan fingerprint density at radius 3 is 2.74 bits per heavy atom. The van der Waals surface area contributed by atoms with Crippen molar-refractivity contribution in [3.8, 4) is 0 Å². The number of carboxylic acid groups (broad SMARTS) is 1. The topological polar surface area (TPSA) is 120 Å². The van der Waals surface area contributed by atoms with Crippen LogP contribution < -0.4 is 10.7 Å². The van der Waals surface area contributed by atoms with Crippen molar-refractivity contribution in [1.29, 1.82) is 0 Å². The van der Waals surface area contributed by atoms with E-state index in [9.17, 15) is 19.2 Å². The second-order valence-corrected chi connectivity index (χ2v) is 6.77. The van der Waals surface area contributed by atoms with E-state index in [1.807, 2.05) is 6.92 Å². The minimum atomic E-state index is -0.925. The number of likely N-dealkylation sites (tertiary alicyclic amines) is 1. The number of carboxylic acids is 1. The van der Waals surface area contributed by atoms with Crippen LogP contribution >= 0.6 is 0 Å². The van der Waals surface area contributed by atoms with Crippen LogP contribution in [-0.2, 0) is 9.59 Å². The molecule has 2 heterocycles. The number of benzene rings is 1. The first-order valence-electron chi connectivity index (χ1n) is 8.79. The minimum absolute atomic E-state index is 0.0726. The molecule has 0 saturated carbocycles. The second-order valence-electron chi connectivity index (χ2n) is 6.77. The number of aliphatic carboxylic acids is 1. The highest BCUT2D eigenvalue weighted by Gasteiger charge is 2.32. The van der Waals surface area contributed by atoms with Gasteiger partial charge in [0.2, 0.25) is 11.3 Å². The molecule has 1 saturated heterocycles. The monoisotopic (exact) mass is 371 g/mol. The molecule has 0 bridgehead atoms. The van der Waals surface area contributed by atoms with Gasteiger partial charge in [0.1, 0.15) is 5.56 Å². The van der Waals surface area contributed by atoms with Crippen molar-refractivity contribution in [3.63, 3.8) is 0 Å². The molecule has 1 fully saturated rings. The Hall–Kier alpha value is -3.16. The number of rotatable bonds is 4. The quantitative estimate of drug-likeness (QED) is 0.740. The molecule has 2 atom stereocenters. The molecule has 1 aliphatic heterocycles. The standard InChI is InChI=1S/C19H21N3O5/c1-11-6-7-12(19(26)27)10-22(11)16(23)9-21-18(25)14-8-20-15-5-3-2-4-13(15)17(14)24/h2-5,8,11-12H,6-7,9-10H2,1H3,(H,20,24)(H,21,25)(H,26,27). The maximum atomic E-state index is 12.4. The Morgan fingerprint density at radius 2 is 2.00 bits per heavy atom. The van der Waals surface area contributed by atoms with Crippen LogP contribution in [0.5, 0.6) is 0 Å². The van der Waals surface area contributed by atoms with E-state index in [1.54, 1.807) is 24.3 Å².